The second-order valence-electron chi connectivity index (χ2n) is 5.61. The summed E-state index contributed by atoms with van der Waals surface area (Å²) in [5.74, 6) is 0.745. The Balaban J connectivity index is 2.13. The van der Waals surface area contributed by atoms with Crippen LogP contribution < -0.4 is 5.73 Å². The molecule has 1 aliphatic rings. The van der Waals surface area contributed by atoms with Gasteiger partial charge in [-0.25, -0.2) is 4.68 Å². The highest BCUT2D eigenvalue weighted by atomic mass is 16.5. The van der Waals surface area contributed by atoms with Crippen LogP contribution in [0, 0.1) is 6.92 Å². The van der Waals surface area contributed by atoms with E-state index in [0.29, 0.717) is 5.69 Å². The molecule has 0 aliphatic carbocycles. The minimum absolute atomic E-state index is 0.0751. The highest BCUT2D eigenvalue weighted by Gasteiger charge is 2.41. The number of benzene rings is 1. The summed E-state index contributed by atoms with van der Waals surface area (Å²) in [7, 11) is 0. The Morgan fingerprint density at radius 1 is 1.45 bits per heavy atom. The Kier molecular flexibility index (Phi) is 2.97. The summed E-state index contributed by atoms with van der Waals surface area (Å²) in [6.45, 7) is 6.95. The van der Waals surface area contributed by atoms with E-state index >= 15 is 0 Å². The molecule has 2 heterocycles. The van der Waals surface area contributed by atoms with Crippen molar-refractivity contribution in [2.24, 2.45) is 0 Å². The number of aromatic nitrogens is 4. The van der Waals surface area contributed by atoms with E-state index in [1.807, 2.05) is 29.8 Å². The van der Waals surface area contributed by atoms with Crippen LogP contribution in [0.3, 0.4) is 0 Å². The molecule has 1 aromatic heterocycles. The lowest BCUT2D eigenvalue weighted by Crippen LogP contribution is -2.38. The monoisotopic (exact) mass is 273 g/mol. The van der Waals surface area contributed by atoms with Crippen molar-refractivity contribution in [2.45, 2.75) is 38.8 Å². The number of ether oxygens (including phenoxy) is 1. The maximum Gasteiger partial charge on any atom is 0.182 e. The van der Waals surface area contributed by atoms with Crippen LogP contribution in [-0.2, 0) is 10.3 Å². The number of hydrogen-bond donors (Lipinski definition) is 1. The van der Waals surface area contributed by atoms with Crippen molar-refractivity contribution in [1.29, 1.82) is 0 Å². The third-order valence-corrected chi connectivity index (χ3v) is 4.31. The summed E-state index contributed by atoms with van der Waals surface area (Å²) < 4.78 is 7.58. The number of nitrogens with two attached hydrogens (primary N) is 1. The topological polar surface area (TPSA) is 78.9 Å². The molecule has 6 nitrogen and oxygen atoms in total. The molecule has 0 radical (unpaired) electrons. The molecule has 3 rings (SSSR count). The van der Waals surface area contributed by atoms with E-state index in [2.05, 4.69) is 29.4 Å². The van der Waals surface area contributed by atoms with Crippen molar-refractivity contribution in [1.82, 2.24) is 20.2 Å². The van der Waals surface area contributed by atoms with E-state index in [9.17, 15) is 0 Å². The van der Waals surface area contributed by atoms with Gasteiger partial charge in [-0.1, -0.05) is 6.07 Å². The van der Waals surface area contributed by atoms with Crippen molar-refractivity contribution < 1.29 is 4.74 Å². The van der Waals surface area contributed by atoms with Gasteiger partial charge in [-0.05, 0) is 55.3 Å². The average Bonchev–Trinajstić information content (AvgIpc) is 3.01. The first-order chi connectivity index (χ1) is 9.52. The number of tetrazole rings is 1. The predicted molar refractivity (Wildman–Crippen MR) is 76.1 cm³/mol. The van der Waals surface area contributed by atoms with Gasteiger partial charge in [-0.3, -0.25) is 0 Å². The van der Waals surface area contributed by atoms with E-state index in [4.69, 9.17) is 10.5 Å². The van der Waals surface area contributed by atoms with Gasteiger partial charge in [-0.2, -0.15) is 0 Å². The lowest BCUT2D eigenvalue weighted by molar-refractivity contribution is 0.0706. The molecular formula is C14H19N5O. The first-order valence-electron chi connectivity index (χ1n) is 6.79. The summed E-state index contributed by atoms with van der Waals surface area (Å²) >= 11 is 0. The summed E-state index contributed by atoms with van der Waals surface area (Å²) in [5.41, 5.74) is 8.45. The molecule has 0 spiro atoms. The highest BCUT2D eigenvalue weighted by Crippen LogP contribution is 2.35. The normalized spacial score (nSPS) is 26.1. The molecule has 2 N–H and O–H groups in total. The minimum atomic E-state index is -0.226. The number of nitrogen functional groups attached to an aromatic ring is 1. The van der Waals surface area contributed by atoms with Gasteiger partial charge in [-0.15, -0.1) is 5.10 Å². The minimum Gasteiger partial charge on any atom is -0.399 e. The second-order valence-corrected chi connectivity index (χ2v) is 5.61. The van der Waals surface area contributed by atoms with Crippen LogP contribution in [0.1, 0.15) is 25.8 Å². The Hall–Kier alpha value is -1.95. The standard InChI is InChI=1S/C14H19N5O/c1-9-4-5-11(15)8-12(9)13-16-17-18-19(13)14(3)6-7-20-10(14)2/h4-5,8,10H,6-7,15H2,1-3H3. The molecule has 1 aromatic carbocycles. The van der Waals surface area contributed by atoms with Crippen LogP contribution in [0.4, 0.5) is 5.69 Å². The molecule has 20 heavy (non-hydrogen) atoms. The summed E-state index contributed by atoms with van der Waals surface area (Å²) in [5, 5.41) is 12.3. The highest BCUT2D eigenvalue weighted by molar-refractivity contribution is 5.65. The van der Waals surface area contributed by atoms with E-state index in [1.165, 1.54) is 0 Å². The third-order valence-electron chi connectivity index (χ3n) is 4.31. The van der Waals surface area contributed by atoms with Gasteiger partial charge in [0.25, 0.3) is 0 Å². The molecule has 106 valence electrons. The zero-order chi connectivity index (χ0) is 14.3. The second kappa shape index (κ2) is 4.56. The van der Waals surface area contributed by atoms with Crippen molar-refractivity contribution in [3.05, 3.63) is 23.8 Å². The van der Waals surface area contributed by atoms with Crippen molar-refractivity contribution in [3.63, 3.8) is 0 Å². The van der Waals surface area contributed by atoms with Gasteiger partial charge in [0.1, 0.15) is 0 Å². The van der Waals surface area contributed by atoms with Crippen LogP contribution in [0.15, 0.2) is 18.2 Å². The lowest BCUT2D eigenvalue weighted by atomic mass is 9.94. The van der Waals surface area contributed by atoms with Gasteiger partial charge in [0.2, 0.25) is 0 Å². The maximum absolute atomic E-state index is 5.89. The molecule has 6 heteroatoms. The van der Waals surface area contributed by atoms with Crippen molar-refractivity contribution in [3.8, 4) is 11.4 Å². The van der Waals surface area contributed by atoms with Crippen LogP contribution in [0.25, 0.3) is 11.4 Å². The van der Waals surface area contributed by atoms with Crippen molar-refractivity contribution in [2.75, 3.05) is 12.3 Å². The lowest BCUT2D eigenvalue weighted by Gasteiger charge is -2.28. The fraction of sp³-hybridized carbons (Fsp3) is 0.500. The third kappa shape index (κ3) is 1.87. The maximum atomic E-state index is 5.89. The Labute approximate surface area is 117 Å². The molecule has 0 saturated carbocycles. The van der Waals surface area contributed by atoms with Gasteiger partial charge in [0.15, 0.2) is 5.82 Å². The largest absolute Gasteiger partial charge is 0.399 e. The SMILES string of the molecule is Cc1ccc(N)cc1-c1nnnn1C1(C)CCOC1C. The summed E-state index contributed by atoms with van der Waals surface area (Å²) in [6.07, 6.45) is 0.972. The number of hydrogen-bond acceptors (Lipinski definition) is 5. The van der Waals surface area contributed by atoms with E-state index in [0.717, 1.165) is 30.0 Å². The summed E-state index contributed by atoms with van der Waals surface area (Å²) in [4.78, 5) is 0. The van der Waals surface area contributed by atoms with Crippen LogP contribution in [0.5, 0.6) is 0 Å². The molecule has 2 atom stereocenters. The van der Waals surface area contributed by atoms with Gasteiger partial charge in [0.05, 0.1) is 11.6 Å². The number of rotatable bonds is 2. The number of anilines is 1. The predicted octanol–water partition coefficient (Wildman–Crippen LogP) is 1.75. The molecule has 1 aliphatic heterocycles. The molecule has 0 bridgehead atoms. The molecule has 2 aromatic rings. The van der Waals surface area contributed by atoms with Gasteiger partial charge >= 0.3 is 0 Å². The number of nitrogens with zero attached hydrogens (tertiary/aromatic N) is 4. The fourth-order valence-corrected chi connectivity index (χ4v) is 2.68. The van der Waals surface area contributed by atoms with Crippen molar-refractivity contribution >= 4 is 5.69 Å². The first-order valence-corrected chi connectivity index (χ1v) is 6.79. The Bertz CT molecular complexity index is 638. The quantitative estimate of drug-likeness (QED) is 0.843. The molecule has 1 fully saturated rings. The van der Waals surface area contributed by atoms with Gasteiger partial charge < -0.3 is 10.5 Å². The average molecular weight is 273 g/mol. The smallest absolute Gasteiger partial charge is 0.182 e. The molecule has 0 amide bonds. The Morgan fingerprint density at radius 2 is 2.25 bits per heavy atom. The van der Waals surface area contributed by atoms with E-state index in [1.54, 1.807) is 0 Å². The van der Waals surface area contributed by atoms with E-state index in [-0.39, 0.29) is 11.6 Å². The van der Waals surface area contributed by atoms with Crippen LogP contribution in [0.2, 0.25) is 0 Å². The Morgan fingerprint density at radius 3 is 2.95 bits per heavy atom. The summed E-state index contributed by atoms with van der Waals surface area (Å²) in [6, 6.07) is 5.79. The molecular weight excluding hydrogens is 254 g/mol. The van der Waals surface area contributed by atoms with Crippen LogP contribution >= 0.6 is 0 Å². The van der Waals surface area contributed by atoms with E-state index < -0.39 is 0 Å². The first kappa shape index (κ1) is 13.1. The van der Waals surface area contributed by atoms with Gasteiger partial charge in [0, 0.05) is 17.9 Å². The zero-order valence-corrected chi connectivity index (χ0v) is 12.0. The molecule has 2 unspecified atom stereocenters. The van der Waals surface area contributed by atoms with Crippen LogP contribution in [-0.4, -0.2) is 32.9 Å². The zero-order valence-electron chi connectivity index (χ0n) is 12.0. The fourth-order valence-electron chi connectivity index (χ4n) is 2.68. The number of aryl methyl sites for hydroxylation is 1. The molecule has 1 saturated heterocycles.